The minimum atomic E-state index is -1.23. The number of imidazole rings is 1. The lowest BCUT2D eigenvalue weighted by molar-refractivity contribution is -0.142. The number of rotatable bonds is 14. The summed E-state index contributed by atoms with van der Waals surface area (Å²) in [6, 6.07) is 3.47. The molecule has 0 bridgehead atoms. The van der Waals surface area contributed by atoms with E-state index < -0.39 is 47.9 Å². The van der Waals surface area contributed by atoms with Gasteiger partial charge in [0.15, 0.2) is 0 Å². The van der Waals surface area contributed by atoms with Crippen LogP contribution in [0.2, 0.25) is 0 Å². The summed E-state index contributed by atoms with van der Waals surface area (Å²) in [5.41, 5.74) is 8.24. The highest BCUT2D eigenvalue weighted by Crippen LogP contribution is 2.19. The zero-order chi connectivity index (χ0) is 27.7. The summed E-state index contributed by atoms with van der Waals surface area (Å²) in [6.45, 7) is 1.44. The summed E-state index contributed by atoms with van der Waals surface area (Å²) >= 11 is 1.56. The van der Waals surface area contributed by atoms with Crippen molar-refractivity contribution in [2.24, 2.45) is 5.73 Å². The quantitative estimate of drug-likeness (QED) is 0.151. The molecule has 4 atom stereocenters. The van der Waals surface area contributed by atoms with Crippen molar-refractivity contribution in [3.05, 3.63) is 54.2 Å². The average molecular weight is 544 g/mol. The third-order valence-corrected chi connectivity index (χ3v) is 6.69. The molecule has 2 heterocycles. The Morgan fingerprint density at radius 2 is 1.76 bits per heavy atom. The number of benzene rings is 1. The first kappa shape index (κ1) is 28.7. The standard InChI is InChI=1S/C25H33N7O5S/c1-14(22(33)32-21(25(36)37)10-16-12-27-13-29-16)30-24(35)20(31-23(34)18(26)7-8-38-2)9-15-11-28-19-6-4-3-5-17(15)19/h3-6,11-14,18,20-21,28H,7-10,26H2,1-2H3,(H,27,29)(H,30,35)(H,31,34)(H,32,33)(H,36,37). The van der Waals surface area contributed by atoms with Crippen LogP contribution in [0.1, 0.15) is 24.6 Å². The first-order valence-corrected chi connectivity index (χ1v) is 13.5. The number of hydrogen-bond donors (Lipinski definition) is 7. The monoisotopic (exact) mass is 543 g/mol. The molecule has 0 spiro atoms. The van der Waals surface area contributed by atoms with Crippen LogP contribution in [0, 0.1) is 0 Å². The van der Waals surface area contributed by atoms with E-state index in [0.29, 0.717) is 17.9 Å². The maximum absolute atomic E-state index is 13.3. The fourth-order valence-corrected chi connectivity index (χ4v) is 4.37. The number of aromatic amines is 2. The zero-order valence-corrected chi connectivity index (χ0v) is 22.0. The number of amides is 3. The number of para-hydroxylation sites is 1. The molecule has 0 fully saturated rings. The van der Waals surface area contributed by atoms with Gasteiger partial charge < -0.3 is 36.8 Å². The summed E-state index contributed by atoms with van der Waals surface area (Å²) in [7, 11) is 0. The van der Waals surface area contributed by atoms with Crippen molar-refractivity contribution in [2.45, 2.75) is 50.4 Å². The second kappa shape index (κ2) is 13.6. The van der Waals surface area contributed by atoms with Crippen LogP contribution in [0.5, 0.6) is 0 Å². The van der Waals surface area contributed by atoms with Gasteiger partial charge >= 0.3 is 5.97 Å². The molecule has 0 saturated heterocycles. The first-order chi connectivity index (χ1) is 18.2. The fourth-order valence-electron chi connectivity index (χ4n) is 3.88. The number of fused-ring (bicyclic) bond motifs is 1. The van der Waals surface area contributed by atoms with Gasteiger partial charge in [0, 0.05) is 41.8 Å². The van der Waals surface area contributed by atoms with E-state index in [2.05, 4.69) is 30.9 Å². The van der Waals surface area contributed by atoms with Gasteiger partial charge in [-0.1, -0.05) is 18.2 Å². The molecular formula is C25H33N7O5S. The van der Waals surface area contributed by atoms with Crippen LogP contribution in [0.25, 0.3) is 10.9 Å². The molecule has 3 rings (SSSR count). The predicted molar refractivity (Wildman–Crippen MR) is 144 cm³/mol. The molecule has 2 aromatic heterocycles. The van der Waals surface area contributed by atoms with E-state index in [1.165, 1.54) is 19.4 Å². The number of H-pyrrole nitrogens is 2. The van der Waals surface area contributed by atoms with Crippen LogP contribution < -0.4 is 21.7 Å². The molecule has 0 saturated carbocycles. The predicted octanol–water partition coefficient (Wildman–Crippen LogP) is 0.316. The maximum Gasteiger partial charge on any atom is 0.326 e. The van der Waals surface area contributed by atoms with E-state index >= 15 is 0 Å². The number of thioether (sulfide) groups is 1. The minimum absolute atomic E-state index is 0.00504. The molecule has 204 valence electrons. The molecule has 3 amide bonds. The number of aromatic nitrogens is 3. The van der Waals surface area contributed by atoms with Crippen molar-refractivity contribution in [3.63, 3.8) is 0 Å². The van der Waals surface area contributed by atoms with E-state index in [4.69, 9.17) is 5.73 Å². The van der Waals surface area contributed by atoms with Crippen LogP contribution in [0.3, 0.4) is 0 Å². The SMILES string of the molecule is CSCCC(N)C(=O)NC(Cc1c[nH]c2ccccc12)C(=O)NC(C)C(=O)NC(Cc1cnc[nH]1)C(=O)O. The summed E-state index contributed by atoms with van der Waals surface area (Å²) < 4.78 is 0. The van der Waals surface area contributed by atoms with Crippen molar-refractivity contribution in [1.29, 1.82) is 0 Å². The Morgan fingerprint density at radius 3 is 2.45 bits per heavy atom. The van der Waals surface area contributed by atoms with Gasteiger partial charge in [0.2, 0.25) is 17.7 Å². The molecule has 3 aromatic rings. The second-order valence-corrected chi connectivity index (χ2v) is 9.91. The van der Waals surface area contributed by atoms with Crippen molar-refractivity contribution >= 4 is 46.4 Å². The topological polar surface area (TPSA) is 195 Å². The Balaban J connectivity index is 1.71. The highest BCUT2D eigenvalue weighted by Gasteiger charge is 2.29. The van der Waals surface area contributed by atoms with Crippen molar-refractivity contribution < 1.29 is 24.3 Å². The van der Waals surface area contributed by atoms with Crippen LogP contribution >= 0.6 is 11.8 Å². The molecule has 4 unspecified atom stereocenters. The summed E-state index contributed by atoms with van der Waals surface area (Å²) in [5.74, 6) is -2.28. The normalized spacial score (nSPS) is 14.3. The van der Waals surface area contributed by atoms with Gasteiger partial charge in [-0.05, 0) is 37.0 Å². The number of aliphatic carboxylic acids is 1. The number of carbonyl (C=O) groups is 4. The Kier molecular flexibility index (Phi) is 10.3. The molecule has 0 radical (unpaired) electrons. The minimum Gasteiger partial charge on any atom is -0.480 e. The van der Waals surface area contributed by atoms with E-state index in [9.17, 15) is 24.3 Å². The summed E-state index contributed by atoms with van der Waals surface area (Å²) in [4.78, 5) is 60.2. The first-order valence-electron chi connectivity index (χ1n) is 12.1. The van der Waals surface area contributed by atoms with E-state index in [1.807, 2.05) is 30.5 Å². The number of hydrogen-bond acceptors (Lipinski definition) is 7. The lowest BCUT2D eigenvalue weighted by Crippen LogP contribution is -2.57. The largest absolute Gasteiger partial charge is 0.480 e. The van der Waals surface area contributed by atoms with E-state index in [1.54, 1.807) is 18.0 Å². The molecule has 1 aromatic carbocycles. The molecule has 0 aliphatic carbocycles. The van der Waals surface area contributed by atoms with Crippen molar-refractivity contribution in [1.82, 2.24) is 30.9 Å². The van der Waals surface area contributed by atoms with Crippen LogP contribution in [-0.2, 0) is 32.0 Å². The Hall–Kier alpha value is -3.84. The smallest absolute Gasteiger partial charge is 0.326 e. The molecule has 12 nitrogen and oxygen atoms in total. The van der Waals surface area contributed by atoms with Crippen LogP contribution in [0.15, 0.2) is 43.0 Å². The zero-order valence-electron chi connectivity index (χ0n) is 21.2. The Bertz CT molecular complexity index is 1250. The van der Waals surface area contributed by atoms with Gasteiger partial charge in [-0.2, -0.15) is 11.8 Å². The number of carboxylic acid groups (broad SMARTS) is 1. The van der Waals surface area contributed by atoms with Gasteiger partial charge in [0.25, 0.3) is 0 Å². The number of nitrogens with zero attached hydrogens (tertiary/aromatic N) is 1. The lowest BCUT2D eigenvalue weighted by atomic mass is 10.0. The van der Waals surface area contributed by atoms with Gasteiger partial charge in [-0.3, -0.25) is 14.4 Å². The molecule has 0 aliphatic heterocycles. The lowest BCUT2D eigenvalue weighted by Gasteiger charge is -2.23. The Labute approximate surface area is 223 Å². The molecule has 13 heteroatoms. The van der Waals surface area contributed by atoms with Crippen LogP contribution in [-0.4, -0.2) is 79.9 Å². The van der Waals surface area contributed by atoms with E-state index in [-0.39, 0.29) is 12.8 Å². The highest BCUT2D eigenvalue weighted by atomic mass is 32.2. The number of carbonyl (C=O) groups excluding carboxylic acids is 3. The van der Waals surface area contributed by atoms with E-state index in [0.717, 1.165) is 16.5 Å². The maximum atomic E-state index is 13.3. The number of nitrogens with two attached hydrogens (primary N) is 1. The molecule has 8 N–H and O–H groups in total. The van der Waals surface area contributed by atoms with Crippen molar-refractivity contribution in [3.8, 4) is 0 Å². The number of nitrogens with one attached hydrogen (secondary N) is 5. The third kappa shape index (κ3) is 7.83. The van der Waals surface area contributed by atoms with Crippen LogP contribution in [0.4, 0.5) is 0 Å². The van der Waals surface area contributed by atoms with Crippen molar-refractivity contribution in [2.75, 3.05) is 12.0 Å². The Morgan fingerprint density at radius 1 is 1.03 bits per heavy atom. The average Bonchev–Trinajstić information content (AvgIpc) is 3.56. The molecular weight excluding hydrogens is 510 g/mol. The molecule has 0 aliphatic rings. The fraction of sp³-hybridized carbons (Fsp3) is 0.400. The van der Waals surface area contributed by atoms with Gasteiger partial charge in [-0.25, -0.2) is 9.78 Å². The summed E-state index contributed by atoms with van der Waals surface area (Å²) in [5, 5.41) is 18.2. The van der Waals surface area contributed by atoms with Gasteiger partial charge in [-0.15, -0.1) is 0 Å². The number of carboxylic acids is 1. The second-order valence-electron chi connectivity index (χ2n) is 8.92. The van der Waals surface area contributed by atoms with Gasteiger partial charge in [0.05, 0.1) is 12.4 Å². The molecule has 38 heavy (non-hydrogen) atoms. The third-order valence-electron chi connectivity index (χ3n) is 6.05. The summed E-state index contributed by atoms with van der Waals surface area (Å²) in [6.07, 6.45) is 7.16. The van der Waals surface area contributed by atoms with Gasteiger partial charge in [0.1, 0.15) is 18.1 Å². The highest BCUT2D eigenvalue weighted by molar-refractivity contribution is 7.98.